The quantitative estimate of drug-likeness (QED) is 0.370. The van der Waals surface area contributed by atoms with Crippen molar-refractivity contribution in [3.63, 3.8) is 0 Å². The van der Waals surface area contributed by atoms with Crippen LogP contribution in [0.5, 0.6) is 0 Å². The number of primary sulfonamides is 1. The molecule has 4 aromatic rings. The van der Waals surface area contributed by atoms with Crippen LogP contribution >= 0.6 is 0 Å². The van der Waals surface area contributed by atoms with E-state index in [-0.39, 0.29) is 4.90 Å². The zero-order chi connectivity index (χ0) is 23.7. The van der Waals surface area contributed by atoms with E-state index in [2.05, 4.69) is 15.3 Å². The summed E-state index contributed by atoms with van der Waals surface area (Å²) in [5.41, 5.74) is 8.68. The van der Waals surface area contributed by atoms with Crippen molar-refractivity contribution in [2.24, 2.45) is 11.1 Å². The summed E-state index contributed by atoms with van der Waals surface area (Å²) in [4.78, 5) is 9.25. The minimum absolute atomic E-state index is 0.253. The number of benzene rings is 3. The summed E-state index contributed by atoms with van der Waals surface area (Å²) in [5, 5.41) is 11.3. The number of nitrogens with zero attached hydrogens (tertiary/aromatic N) is 2. The van der Waals surface area contributed by atoms with Gasteiger partial charge in [-0.3, -0.25) is 0 Å². The van der Waals surface area contributed by atoms with Gasteiger partial charge in [0.05, 0.1) is 10.4 Å². The Kier molecular flexibility index (Phi) is 6.10. The van der Waals surface area contributed by atoms with Crippen molar-refractivity contribution in [3.05, 3.63) is 65.7 Å². The number of sulfonamides is 1. The highest BCUT2D eigenvalue weighted by atomic mass is 32.2. The normalized spacial score (nSPS) is 15.1. The Bertz CT molecular complexity index is 1460. The molecule has 3 aromatic carbocycles. The molecule has 5 rings (SSSR count). The number of nitrogen functional groups attached to an aromatic ring is 1. The Morgan fingerprint density at radius 1 is 0.882 bits per heavy atom. The summed E-state index contributed by atoms with van der Waals surface area (Å²) in [7, 11) is -3.89. The predicted octanol–water partition coefficient (Wildman–Crippen LogP) is 4.75. The molecule has 0 atom stereocenters. The molecule has 1 aliphatic rings. The number of anilines is 2. The van der Waals surface area contributed by atoms with Crippen LogP contribution < -0.4 is 16.2 Å². The molecule has 1 heterocycles. The van der Waals surface area contributed by atoms with Gasteiger partial charge in [-0.05, 0) is 41.0 Å². The molecule has 1 aliphatic carbocycles. The summed E-state index contributed by atoms with van der Waals surface area (Å²) in [6.45, 7) is 0.431. The van der Waals surface area contributed by atoms with Crippen molar-refractivity contribution in [1.29, 1.82) is 0 Å². The van der Waals surface area contributed by atoms with Crippen LogP contribution in [-0.2, 0) is 23.0 Å². The number of hydrogen-bond donors (Lipinski definition) is 3. The molecule has 0 saturated heterocycles. The number of aromatic nitrogens is 2. The lowest BCUT2D eigenvalue weighted by atomic mass is 9.84. The molecule has 0 radical (unpaired) electrons. The maximum atomic E-state index is 12.7. The van der Waals surface area contributed by atoms with Crippen molar-refractivity contribution in [2.45, 2.75) is 50.0 Å². The molecule has 0 aliphatic heterocycles. The van der Waals surface area contributed by atoms with Gasteiger partial charge in [0, 0.05) is 17.3 Å². The van der Waals surface area contributed by atoms with Gasteiger partial charge in [0.2, 0.25) is 16.0 Å². The first-order valence-electron chi connectivity index (χ1n) is 11.7. The molecule has 8 heteroatoms. The summed E-state index contributed by atoms with van der Waals surface area (Å²) >= 11 is 0. The van der Waals surface area contributed by atoms with E-state index in [1.54, 1.807) is 0 Å². The summed E-state index contributed by atoms with van der Waals surface area (Å²) < 4.78 is 25.4. The zero-order valence-electron chi connectivity index (χ0n) is 19.0. The average molecular weight is 476 g/mol. The largest absolute Gasteiger partial charge is 0.383 e. The van der Waals surface area contributed by atoms with E-state index in [1.807, 2.05) is 54.6 Å². The van der Waals surface area contributed by atoms with Crippen LogP contribution in [0.3, 0.4) is 0 Å². The highest BCUT2D eigenvalue weighted by Crippen LogP contribution is 2.34. The van der Waals surface area contributed by atoms with Crippen LogP contribution in [0.1, 0.15) is 43.2 Å². The van der Waals surface area contributed by atoms with Crippen LogP contribution in [-0.4, -0.2) is 18.4 Å². The van der Waals surface area contributed by atoms with Gasteiger partial charge in [-0.15, -0.1) is 0 Å². The van der Waals surface area contributed by atoms with Crippen molar-refractivity contribution < 1.29 is 8.42 Å². The Morgan fingerprint density at radius 2 is 1.56 bits per heavy atom. The number of nitrogens with one attached hydrogen (secondary N) is 1. The molecular weight excluding hydrogens is 446 g/mol. The Labute approximate surface area is 199 Å². The minimum atomic E-state index is -3.89. The molecule has 1 aromatic heterocycles. The van der Waals surface area contributed by atoms with Gasteiger partial charge in [-0.2, -0.15) is 4.98 Å². The fraction of sp³-hybridized carbons (Fsp3) is 0.308. The topological polar surface area (TPSA) is 124 Å². The fourth-order valence-electron chi connectivity index (χ4n) is 5.18. The highest BCUT2D eigenvalue weighted by Gasteiger charge is 2.23. The second-order valence-electron chi connectivity index (χ2n) is 9.13. The third kappa shape index (κ3) is 4.56. The van der Waals surface area contributed by atoms with Gasteiger partial charge in [-0.25, -0.2) is 18.5 Å². The molecule has 5 N–H and O–H groups in total. The lowest BCUT2D eigenvalue weighted by Gasteiger charge is -2.24. The van der Waals surface area contributed by atoms with Gasteiger partial charge in [0.15, 0.2) is 0 Å². The number of hydrogen-bond acceptors (Lipinski definition) is 6. The van der Waals surface area contributed by atoms with Crippen molar-refractivity contribution >= 4 is 43.5 Å². The molecule has 176 valence electrons. The number of fused-ring (bicyclic) bond motifs is 2. The van der Waals surface area contributed by atoms with Crippen LogP contribution in [0, 0.1) is 5.92 Å². The van der Waals surface area contributed by atoms with E-state index in [1.165, 1.54) is 19.3 Å². The van der Waals surface area contributed by atoms with Crippen LogP contribution in [0.15, 0.2) is 59.5 Å². The Morgan fingerprint density at radius 3 is 2.29 bits per heavy atom. The van der Waals surface area contributed by atoms with Gasteiger partial charge in [-0.1, -0.05) is 74.6 Å². The summed E-state index contributed by atoms with van der Waals surface area (Å²) in [6.07, 6.45) is 6.59. The zero-order valence-corrected chi connectivity index (χ0v) is 19.8. The SMILES string of the molecule is Nc1nc(NCc2cc(CC3CCCCC3)c(S(N)(=O)=O)c3ccccc23)nc2ccccc12. The molecule has 0 amide bonds. The third-order valence-electron chi connectivity index (χ3n) is 6.75. The lowest BCUT2D eigenvalue weighted by Crippen LogP contribution is -2.19. The van der Waals surface area contributed by atoms with E-state index >= 15 is 0 Å². The first kappa shape index (κ1) is 22.6. The molecule has 34 heavy (non-hydrogen) atoms. The first-order chi connectivity index (χ1) is 16.4. The molecule has 1 saturated carbocycles. The van der Waals surface area contributed by atoms with Gasteiger partial charge < -0.3 is 11.1 Å². The standard InChI is InChI=1S/C26H29N5O2S/c27-25-22-12-6-7-13-23(22)30-26(31-25)29-16-19-15-18(14-17-8-2-1-3-9-17)24(34(28,32)33)21-11-5-4-10-20(19)21/h4-7,10-13,15,17H,1-3,8-9,14,16H2,(H2,28,32,33)(H3,27,29,30,31). The number of nitrogens with two attached hydrogens (primary N) is 2. The molecule has 0 unspecified atom stereocenters. The highest BCUT2D eigenvalue weighted by molar-refractivity contribution is 7.89. The summed E-state index contributed by atoms with van der Waals surface area (Å²) in [5.74, 6) is 1.32. The average Bonchev–Trinajstić information content (AvgIpc) is 2.82. The third-order valence-corrected chi connectivity index (χ3v) is 7.80. The van der Waals surface area contributed by atoms with Crippen LogP contribution in [0.4, 0.5) is 11.8 Å². The van der Waals surface area contributed by atoms with Crippen LogP contribution in [0.2, 0.25) is 0 Å². The Hall–Kier alpha value is -3.23. The van der Waals surface area contributed by atoms with Crippen molar-refractivity contribution in [2.75, 3.05) is 11.1 Å². The van der Waals surface area contributed by atoms with E-state index in [4.69, 9.17) is 10.9 Å². The second kappa shape index (κ2) is 9.19. The van der Waals surface area contributed by atoms with E-state index < -0.39 is 10.0 Å². The predicted molar refractivity (Wildman–Crippen MR) is 137 cm³/mol. The molecular formula is C26H29N5O2S. The van der Waals surface area contributed by atoms with Crippen molar-refractivity contribution in [3.8, 4) is 0 Å². The maximum absolute atomic E-state index is 12.7. The maximum Gasteiger partial charge on any atom is 0.238 e. The molecule has 1 fully saturated rings. The summed E-state index contributed by atoms with van der Waals surface area (Å²) in [6, 6.07) is 17.1. The van der Waals surface area contributed by atoms with E-state index in [0.717, 1.165) is 40.3 Å². The number of para-hydroxylation sites is 1. The lowest BCUT2D eigenvalue weighted by molar-refractivity contribution is 0.355. The smallest absolute Gasteiger partial charge is 0.238 e. The molecule has 7 nitrogen and oxygen atoms in total. The second-order valence-corrected chi connectivity index (χ2v) is 10.6. The number of rotatable bonds is 6. The van der Waals surface area contributed by atoms with Crippen molar-refractivity contribution in [1.82, 2.24) is 9.97 Å². The fourth-order valence-corrected chi connectivity index (χ4v) is 6.17. The van der Waals surface area contributed by atoms with Gasteiger partial charge >= 0.3 is 0 Å². The monoisotopic (exact) mass is 475 g/mol. The minimum Gasteiger partial charge on any atom is -0.383 e. The van der Waals surface area contributed by atoms with Crippen LogP contribution in [0.25, 0.3) is 21.7 Å². The Balaban J connectivity index is 1.55. The first-order valence-corrected chi connectivity index (χ1v) is 13.3. The van der Waals surface area contributed by atoms with E-state index in [0.29, 0.717) is 36.0 Å². The van der Waals surface area contributed by atoms with Gasteiger partial charge in [0.25, 0.3) is 0 Å². The molecule has 0 spiro atoms. The molecule has 0 bridgehead atoms. The van der Waals surface area contributed by atoms with E-state index in [9.17, 15) is 8.42 Å². The van der Waals surface area contributed by atoms with Gasteiger partial charge in [0.1, 0.15) is 5.82 Å².